The molecule has 2 N–H and O–H groups in total. The molecule has 21 heavy (non-hydrogen) atoms. The molecule has 0 saturated heterocycles. The van der Waals surface area contributed by atoms with E-state index in [1.807, 2.05) is 12.1 Å². The van der Waals surface area contributed by atoms with E-state index in [-0.39, 0.29) is 18.6 Å². The standard InChI is InChI=1S/C14H19ClN2O3S/c15-12-6-5-11(21-12)7-8-16-14(20)17(9-13(18)19)10-3-1-2-4-10/h5-6,10H,1-4,7-9H2,(H,16,20)(H,18,19). The number of carbonyl (C=O) groups excluding carboxylic acids is 1. The highest BCUT2D eigenvalue weighted by atomic mass is 35.5. The number of hydrogen-bond acceptors (Lipinski definition) is 3. The lowest BCUT2D eigenvalue weighted by Gasteiger charge is -2.27. The number of nitrogens with zero attached hydrogens (tertiary/aromatic N) is 1. The van der Waals surface area contributed by atoms with Gasteiger partial charge in [-0.05, 0) is 31.4 Å². The zero-order valence-electron chi connectivity index (χ0n) is 11.7. The van der Waals surface area contributed by atoms with Gasteiger partial charge in [0.1, 0.15) is 6.54 Å². The average Bonchev–Trinajstić information content (AvgIpc) is 3.07. The van der Waals surface area contributed by atoms with E-state index in [2.05, 4.69) is 5.32 Å². The highest BCUT2D eigenvalue weighted by Crippen LogP contribution is 2.24. The molecule has 0 spiro atoms. The van der Waals surface area contributed by atoms with Crippen LogP contribution in [0.2, 0.25) is 4.34 Å². The van der Waals surface area contributed by atoms with Crippen LogP contribution in [-0.4, -0.2) is 41.1 Å². The van der Waals surface area contributed by atoms with E-state index in [4.69, 9.17) is 16.7 Å². The van der Waals surface area contributed by atoms with Crippen LogP contribution in [0.1, 0.15) is 30.6 Å². The van der Waals surface area contributed by atoms with Gasteiger partial charge in [-0.15, -0.1) is 11.3 Å². The summed E-state index contributed by atoms with van der Waals surface area (Å²) in [5.74, 6) is -0.970. The third kappa shape index (κ3) is 4.89. The monoisotopic (exact) mass is 330 g/mol. The van der Waals surface area contributed by atoms with E-state index in [0.717, 1.165) is 34.9 Å². The fourth-order valence-electron chi connectivity index (χ4n) is 2.61. The van der Waals surface area contributed by atoms with Crippen LogP contribution in [0.3, 0.4) is 0 Å². The van der Waals surface area contributed by atoms with Gasteiger partial charge in [0.15, 0.2) is 0 Å². The summed E-state index contributed by atoms with van der Waals surface area (Å²) in [7, 11) is 0. The number of carbonyl (C=O) groups is 2. The molecule has 1 aromatic rings. The smallest absolute Gasteiger partial charge is 0.323 e. The highest BCUT2D eigenvalue weighted by Gasteiger charge is 2.28. The summed E-state index contributed by atoms with van der Waals surface area (Å²) in [6, 6.07) is 3.54. The van der Waals surface area contributed by atoms with Crippen molar-refractivity contribution < 1.29 is 14.7 Å². The molecule has 116 valence electrons. The van der Waals surface area contributed by atoms with Crippen LogP contribution >= 0.6 is 22.9 Å². The summed E-state index contributed by atoms with van der Waals surface area (Å²) in [5.41, 5.74) is 0. The van der Waals surface area contributed by atoms with Gasteiger partial charge in [-0.3, -0.25) is 4.79 Å². The fraction of sp³-hybridized carbons (Fsp3) is 0.571. The lowest BCUT2D eigenvalue weighted by Crippen LogP contribution is -2.48. The molecule has 1 saturated carbocycles. The molecule has 5 nitrogen and oxygen atoms in total. The summed E-state index contributed by atoms with van der Waals surface area (Å²) >= 11 is 7.34. The number of amides is 2. The van der Waals surface area contributed by atoms with Crippen LogP contribution in [0.5, 0.6) is 0 Å². The van der Waals surface area contributed by atoms with Gasteiger partial charge in [0.2, 0.25) is 0 Å². The molecule has 1 aliphatic carbocycles. The molecule has 0 radical (unpaired) electrons. The van der Waals surface area contributed by atoms with Crippen molar-refractivity contribution in [2.75, 3.05) is 13.1 Å². The summed E-state index contributed by atoms with van der Waals surface area (Å²) in [5, 5.41) is 11.8. The number of hydrogen-bond donors (Lipinski definition) is 2. The Bertz CT molecular complexity index is 500. The van der Waals surface area contributed by atoms with Gasteiger partial charge in [-0.1, -0.05) is 24.4 Å². The Morgan fingerprint density at radius 2 is 2.10 bits per heavy atom. The third-order valence-corrected chi connectivity index (χ3v) is 4.90. The molecular weight excluding hydrogens is 312 g/mol. The minimum absolute atomic E-state index is 0.0530. The molecule has 1 aromatic heterocycles. The van der Waals surface area contributed by atoms with Crippen molar-refractivity contribution in [2.24, 2.45) is 0 Å². The molecule has 0 bridgehead atoms. The Balaban J connectivity index is 1.84. The topological polar surface area (TPSA) is 69.6 Å². The van der Waals surface area contributed by atoms with Crippen molar-refractivity contribution in [2.45, 2.75) is 38.1 Å². The molecule has 1 heterocycles. The maximum atomic E-state index is 12.2. The van der Waals surface area contributed by atoms with Crippen molar-refractivity contribution in [1.29, 1.82) is 0 Å². The van der Waals surface area contributed by atoms with Gasteiger partial charge < -0.3 is 15.3 Å². The van der Waals surface area contributed by atoms with Crippen molar-refractivity contribution in [3.63, 3.8) is 0 Å². The SMILES string of the molecule is O=C(O)CN(C(=O)NCCc1ccc(Cl)s1)C1CCCC1. The molecule has 0 aliphatic heterocycles. The molecule has 7 heteroatoms. The zero-order valence-corrected chi connectivity index (χ0v) is 13.3. The van der Waals surface area contributed by atoms with Crippen LogP contribution in [0.25, 0.3) is 0 Å². The Hall–Kier alpha value is -1.27. The second kappa shape index (κ2) is 7.66. The second-order valence-corrected chi connectivity index (χ2v) is 6.95. The van der Waals surface area contributed by atoms with Crippen molar-refractivity contribution in [3.05, 3.63) is 21.3 Å². The quantitative estimate of drug-likeness (QED) is 0.842. The summed E-state index contributed by atoms with van der Waals surface area (Å²) in [6.45, 7) is 0.250. The minimum Gasteiger partial charge on any atom is -0.480 e. The fourth-order valence-corrected chi connectivity index (χ4v) is 3.70. The number of rotatable bonds is 6. The first-order valence-electron chi connectivity index (χ1n) is 7.06. The van der Waals surface area contributed by atoms with Gasteiger partial charge in [-0.2, -0.15) is 0 Å². The van der Waals surface area contributed by atoms with E-state index in [1.165, 1.54) is 16.2 Å². The maximum absolute atomic E-state index is 12.2. The van der Waals surface area contributed by atoms with E-state index in [1.54, 1.807) is 0 Å². The van der Waals surface area contributed by atoms with Crippen LogP contribution in [0.4, 0.5) is 4.79 Å². The van der Waals surface area contributed by atoms with Gasteiger partial charge in [0.05, 0.1) is 4.34 Å². The number of halogens is 1. The van der Waals surface area contributed by atoms with Gasteiger partial charge in [0.25, 0.3) is 0 Å². The molecule has 1 fully saturated rings. The van der Waals surface area contributed by atoms with Crippen LogP contribution in [-0.2, 0) is 11.2 Å². The van der Waals surface area contributed by atoms with Crippen LogP contribution in [0, 0.1) is 0 Å². The van der Waals surface area contributed by atoms with E-state index >= 15 is 0 Å². The summed E-state index contributed by atoms with van der Waals surface area (Å²) in [4.78, 5) is 25.7. The van der Waals surface area contributed by atoms with E-state index in [0.29, 0.717) is 13.0 Å². The van der Waals surface area contributed by atoms with Gasteiger partial charge in [0, 0.05) is 17.5 Å². The van der Waals surface area contributed by atoms with Gasteiger partial charge in [-0.25, -0.2) is 4.79 Å². The first-order chi connectivity index (χ1) is 10.1. The number of aliphatic carboxylic acids is 1. The Kier molecular flexibility index (Phi) is 5.87. The Morgan fingerprint density at radius 3 is 2.67 bits per heavy atom. The van der Waals surface area contributed by atoms with Crippen molar-refractivity contribution in [1.82, 2.24) is 10.2 Å². The van der Waals surface area contributed by atoms with Crippen molar-refractivity contribution in [3.8, 4) is 0 Å². The number of carboxylic acids is 1. The first-order valence-corrected chi connectivity index (χ1v) is 8.26. The molecular formula is C14H19ClN2O3S. The second-order valence-electron chi connectivity index (χ2n) is 5.15. The van der Waals surface area contributed by atoms with E-state index < -0.39 is 5.97 Å². The molecule has 0 aromatic carbocycles. The number of thiophene rings is 1. The summed E-state index contributed by atoms with van der Waals surface area (Å²) < 4.78 is 0.731. The first kappa shape index (κ1) is 16.1. The summed E-state index contributed by atoms with van der Waals surface area (Å²) in [6.07, 6.45) is 4.60. The molecule has 1 aliphatic rings. The predicted octanol–water partition coefficient (Wildman–Crippen LogP) is 2.98. The molecule has 2 amide bonds. The maximum Gasteiger partial charge on any atom is 0.323 e. The van der Waals surface area contributed by atoms with Crippen molar-refractivity contribution >= 4 is 34.9 Å². The lowest BCUT2D eigenvalue weighted by atomic mass is 10.2. The van der Waals surface area contributed by atoms with Crippen LogP contribution in [0.15, 0.2) is 12.1 Å². The van der Waals surface area contributed by atoms with Crippen LogP contribution < -0.4 is 5.32 Å². The molecule has 0 unspecified atom stereocenters. The largest absolute Gasteiger partial charge is 0.480 e. The lowest BCUT2D eigenvalue weighted by molar-refractivity contribution is -0.138. The Labute approximate surface area is 132 Å². The molecule has 2 rings (SSSR count). The number of urea groups is 1. The third-order valence-electron chi connectivity index (χ3n) is 3.61. The zero-order chi connectivity index (χ0) is 15.2. The Morgan fingerprint density at radius 1 is 1.38 bits per heavy atom. The number of carboxylic acid groups (broad SMARTS) is 1. The molecule has 0 atom stereocenters. The number of nitrogens with one attached hydrogen (secondary N) is 1. The van der Waals surface area contributed by atoms with Gasteiger partial charge >= 0.3 is 12.0 Å². The highest BCUT2D eigenvalue weighted by molar-refractivity contribution is 7.16. The normalized spacial score (nSPS) is 15.1. The minimum atomic E-state index is -0.970. The average molecular weight is 331 g/mol. The van der Waals surface area contributed by atoms with E-state index in [9.17, 15) is 9.59 Å². The predicted molar refractivity (Wildman–Crippen MR) is 83.0 cm³/mol.